The number of esters is 1. The van der Waals surface area contributed by atoms with Crippen LogP contribution in [0.2, 0.25) is 5.02 Å². The second kappa shape index (κ2) is 6.66. The molecule has 1 N–H and O–H groups in total. The van der Waals surface area contributed by atoms with Gasteiger partial charge in [-0.05, 0) is 23.8 Å². The van der Waals surface area contributed by atoms with E-state index in [1.165, 1.54) is 18.2 Å². The van der Waals surface area contributed by atoms with Gasteiger partial charge in [-0.25, -0.2) is 9.18 Å². The summed E-state index contributed by atoms with van der Waals surface area (Å²) >= 11 is 5.63. The van der Waals surface area contributed by atoms with E-state index < -0.39 is 11.8 Å². The van der Waals surface area contributed by atoms with Crippen molar-refractivity contribution < 1.29 is 18.7 Å². The number of benzene rings is 2. The molecule has 1 aromatic heterocycles. The van der Waals surface area contributed by atoms with E-state index in [0.29, 0.717) is 5.75 Å². The fraction of sp³-hybridized carbons (Fsp3) is 0.125. The van der Waals surface area contributed by atoms with Crippen LogP contribution in [0.1, 0.15) is 5.56 Å². The summed E-state index contributed by atoms with van der Waals surface area (Å²) in [6.07, 6.45) is 1.72. The number of nitrogens with one attached hydrogen (secondary N) is 1. The molecule has 0 unspecified atom stereocenters. The molecule has 0 spiro atoms. The summed E-state index contributed by atoms with van der Waals surface area (Å²) < 4.78 is 23.3. The molecule has 0 fully saturated rings. The van der Waals surface area contributed by atoms with Crippen LogP contribution in [0.5, 0.6) is 5.75 Å². The maximum Gasteiger partial charge on any atom is 0.344 e. The number of ether oxygens (including phenoxy) is 2. The maximum atomic E-state index is 13.0. The van der Waals surface area contributed by atoms with Crippen molar-refractivity contribution in [3.63, 3.8) is 0 Å². The van der Waals surface area contributed by atoms with E-state index in [9.17, 15) is 9.18 Å². The highest BCUT2D eigenvalue weighted by atomic mass is 35.5. The minimum Gasteiger partial charge on any atom is -0.482 e. The Morgan fingerprint density at radius 1 is 1.26 bits per heavy atom. The first kappa shape index (κ1) is 15.3. The second-order valence-corrected chi connectivity index (χ2v) is 5.22. The van der Waals surface area contributed by atoms with E-state index >= 15 is 0 Å². The van der Waals surface area contributed by atoms with Gasteiger partial charge in [0.2, 0.25) is 0 Å². The van der Waals surface area contributed by atoms with E-state index in [2.05, 4.69) is 10.2 Å². The molecule has 0 radical (unpaired) electrons. The van der Waals surface area contributed by atoms with E-state index in [0.717, 1.165) is 16.5 Å². The Bertz CT molecular complexity index is 850. The molecule has 5 nitrogen and oxygen atoms in total. The molecule has 23 heavy (non-hydrogen) atoms. The molecular weight excluding hydrogens is 323 g/mol. The summed E-state index contributed by atoms with van der Waals surface area (Å²) in [5, 5.41) is 7.69. The molecule has 0 aliphatic rings. The average Bonchev–Trinajstić information content (AvgIpc) is 3.01. The van der Waals surface area contributed by atoms with Crippen molar-refractivity contribution in [3.05, 3.63) is 59.0 Å². The van der Waals surface area contributed by atoms with E-state index in [1.54, 1.807) is 6.20 Å². The molecular formula is C16H12ClFN2O3. The summed E-state index contributed by atoms with van der Waals surface area (Å²) in [6, 6.07) is 9.46. The van der Waals surface area contributed by atoms with Crippen molar-refractivity contribution in [2.24, 2.45) is 0 Å². The lowest BCUT2D eigenvalue weighted by molar-refractivity contribution is -0.147. The number of hydrogen-bond donors (Lipinski definition) is 1. The van der Waals surface area contributed by atoms with Gasteiger partial charge in [-0.2, -0.15) is 5.10 Å². The highest BCUT2D eigenvalue weighted by Crippen LogP contribution is 2.21. The first-order valence-corrected chi connectivity index (χ1v) is 7.15. The van der Waals surface area contributed by atoms with Crippen molar-refractivity contribution >= 4 is 28.5 Å². The highest BCUT2D eigenvalue weighted by Gasteiger charge is 2.07. The van der Waals surface area contributed by atoms with Crippen molar-refractivity contribution in [1.29, 1.82) is 0 Å². The van der Waals surface area contributed by atoms with Gasteiger partial charge in [-0.15, -0.1) is 0 Å². The molecule has 2 aromatic carbocycles. The highest BCUT2D eigenvalue weighted by molar-refractivity contribution is 6.30. The number of hydrogen-bond acceptors (Lipinski definition) is 4. The predicted molar refractivity (Wildman–Crippen MR) is 82.8 cm³/mol. The molecule has 3 aromatic rings. The quantitative estimate of drug-likeness (QED) is 0.726. The summed E-state index contributed by atoms with van der Waals surface area (Å²) in [7, 11) is 0. The van der Waals surface area contributed by atoms with Gasteiger partial charge >= 0.3 is 5.97 Å². The zero-order valence-electron chi connectivity index (χ0n) is 11.9. The van der Waals surface area contributed by atoms with E-state index in [4.69, 9.17) is 21.1 Å². The number of halogens is 2. The zero-order chi connectivity index (χ0) is 16.2. The summed E-state index contributed by atoms with van der Waals surface area (Å²) in [5.41, 5.74) is 1.70. The third kappa shape index (κ3) is 3.78. The lowest BCUT2D eigenvalue weighted by Crippen LogP contribution is -2.14. The molecule has 0 saturated heterocycles. The number of nitrogens with zero attached hydrogens (tertiary/aromatic N) is 1. The minimum atomic E-state index is -0.546. The van der Waals surface area contributed by atoms with Crippen LogP contribution in [-0.2, 0) is 16.1 Å². The Labute approximate surface area is 136 Å². The van der Waals surface area contributed by atoms with Crippen molar-refractivity contribution in [3.8, 4) is 5.75 Å². The lowest BCUT2D eigenvalue weighted by Gasteiger charge is -2.08. The Morgan fingerprint density at radius 3 is 2.96 bits per heavy atom. The van der Waals surface area contributed by atoms with Gasteiger partial charge in [0.25, 0.3) is 0 Å². The second-order valence-electron chi connectivity index (χ2n) is 4.82. The van der Waals surface area contributed by atoms with Gasteiger partial charge < -0.3 is 9.47 Å². The SMILES string of the molecule is O=C(COc1ccc(F)c(Cl)c1)OCc1ccc2cn[nH]c2c1. The summed E-state index contributed by atoms with van der Waals surface area (Å²) in [6.45, 7) is -0.157. The van der Waals surface area contributed by atoms with Gasteiger partial charge in [0.15, 0.2) is 6.61 Å². The molecule has 0 saturated carbocycles. The van der Waals surface area contributed by atoms with Crippen LogP contribution in [0.25, 0.3) is 10.9 Å². The first-order valence-electron chi connectivity index (χ1n) is 6.77. The molecule has 3 rings (SSSR count). The average molecular weight is 335 g/mol. The number of carbonyl (C=O) groups excluding carboxylic acids is 1. The van der Waals surface area contributed by atoms with Crippen molar-refractivity contribution in [1.82, 2.24) is 10.2 Å². The number of rotatable bonds is 5. The smallest absolute Gasteiger partial charge is 0.344 e. The standard InChI is InChI=1S/C16H12ClFN2O3/c17-13-6-12(3-4-14(13)18)22-9-16(21)23-8-10-1-2-11-7-19-20-15(11)5-10/h1-7H,8-9H2,(H,19,20). The number of aromatic amines is 1. The van der Waals surface area contributed by atoms with Crippen LogP contribution in [-0.4, -0.2) is 22.8 Å². The normalized spacial score (nSPS) is 10.7. The van der Waals surface area contributed by atoms with Crippen LogP contribution in [0.4, 0.5) is 4.39 Å². The summed E-state index contributed by atoms with van der Waals surface area (Å²) in [5.74, 6) is -0.779. The molecule has 0 aliphatic heterocycles. The predicted octanol–water partition coefficient (Wildman–Crippen LogP) is 3.48. The maximum absolute atomic E-state index is 13.0. The Morgan fingerprint density at radius 2 is 2.13 bits per heavy atom. The Kier molecular flexibility index (Phi) is 4.43. The van der Waals surface area contributed by atoms with Crippen LogP contribution in [0.3, 0.4) is 0 Å². The van der Waals surface area contributed by atoms with Gasteiger partial charge in [-0.1, -0.05) is 23.7 Å². The molecule has 0 bridgehead atoms. The zero-order valence-corrected chi connectivity index (χ0v) is 12.6. The van der Waals surface area contributed by atoms with Gasteiger partial charge in [0.1, 0.15) is 18.2 Å². The lowest BCUT2D eigenvalue weighted by atomic mass is 10.2. The molecule has 1 heterocycles. The third-order valence-electron chi connectivity index (χ3n) is 3.15. The molecule has 118 valence electrons. The van der Waals surface area contributed by atoms with E-state index in [-0.39, 0.29) is 18.2 Å². The molecule has 0 amide bonds. The molecule has 0 atom stereocenters. The largest absolute Gasteiger partial charge is 0.482 e. The number of fused-ring (bicyclic) bond motifs is 1. The van der Waals surface area contributed by atoms with Gasteiger partial charge in [0, 0.05) is 11.5 Å². The minimum absolute atomic E-state index is 0.0660. The van der Waals surface area contributed by atoms with Crippen LogP contribution < -0.4 is 4.74 Å². The number of H-pyrrole nitrogens is 1. The van der Waals surface area contributed by atoms with Crippen LogP contribution >= 0.6 is 11.6 Å². The fourth-order valence-electron chi connectivity index (χ4n) is 1.99. The third-order valence-corrected chi connectivity index (χ3v) is 3.44. The van der Waals surface area contributed by atoms with E-state index in [1.807, 2.05) is 18.2 Å². The monoisotopic (exact) mass is 334 g/mol. The Hall–Kier alpha value is -2.60. The fourth-order valence-corrected chi connectivity index (χ4v) is 2.16. The van der Waals surface area contributed by atoms with Crippen molar-refractivity contribution in [2.75, 3.05) is 6.61 Å². The number of carbonyl (C=O) groups is 1. The summed E-state index contributed by atoms with van der Waals surface area (Å²) in [4.78, 5) is 11.7. The van der Waals surface area contributed by atoms with Crippen molar-refractivity contribution in [2.45, 2.75) is 6.61 Å². The molecule has 7 heteroatoms. The van der Waals surface area contributed by atoms with Gasteiger partial charge in [-0.3, -0.25) is 5.10 Å². The first-order chi connectivity index (χ1) is 11.1. The molecule has 0 aliphatic carbocycles. The van der Waals surface area contributed by atoms with Gasteiger partial charge in [0.05, 0.1) is 16.7 Å². The van der Waals surface area contributed by atoms with Crippen LogP contribution in [0.15, 0.2) is 42.6 Å². The Balaban J connectivity index is 1.51. The number of aromatic nitrogens is 2. The topological polar surface area (TPSA) is 64.2 Å². The van der Waals surface area contributed by atoms with Crippen LogP contribution in [0, 0.1) is 5.82 Å².